The average molecular weight is 444 g/mol. The van der Waals surface area contributed by atoms with E-state index in [-0.39, 0.29) is 0 Å². The number of carbonyl (C=O) groups is 3. The zero-order valence-electron chi connectivity index (χ0n) is 16.4. The Morgan fingerprint density at radius 3 is 2.30 bits per heavy atom. The van der Waals surface area contributed by atoms with E-state index < -0.39 is 36.4 Å². The van der Waals surface area contributed by atoms with Crippen molar-refractivity contribution in [3.8, 4) is 6.19 Å². The van der Waals surface area contributed by atoms with Gasteiger partial charge in [0, 0.05) is 24.2 Å². The molecule has 0 aliphatic rings. The van der Waals surface area contributed by atoms with Crippen molar-refractivity contribution >= 4 is 35.6 Å². The number of rotatable bonds is 10. The fourth-order valence-electron chi connectivity index (χ4n) is 1.87. The minimum atomic E-state index is -2.74. The average Bonchev–Trinajstić information content (AvgIpc) is 3.04. The van der Waals surface area contributed by atoms with Gasteiger partial charge in [0.05, 0.1) is 31.4 Å². The lowest BCUT2D eigenvalue weighted by Crippen LogP contribution is -2.42. The third kappa shape index (κ3) is 10.9. The highest BCUT2D eigenvalue weighted by atomic mass is 32.2. The van der Waals surface area contributed by atoms with Crippen LogP contribution in [0.2, 0.25) is 0 Å². The number of carboxylic acids is 3. The third-order valence-electron chi connectivity index (χ3n) is 3.38. The number of carboxylic acid groups (broad SMARTS) is 3. The molecule has 0 aromatic carbocycles. The van der Waals surface area contributed by atoms with Crippen molar-refractivity contribution in [3.05, 3.63) is 17.7 Å². The van der Waals surface area contributed by atoms with Crippen molar-refractivity contribution < 1.29 is 34.8 Å². The topological polar surface area (TPSA) is 221 Å². The van der Waals surface area contributed by atoms with Crippen LogP contribution in [0.3, 0.4) is 0 Å². The first-order valence-corrected chi connectivity index (χ1v) is 9.54. The number of imidazole rings is 1. The van der Waals surface area contributed by atoms with Gasteiger partial charge in [-0.2, -0.15) is 17.0 Å². The van der Waals surface area contributed by atoms with E-state index in [4.69, 9.17) is 25.7 Å². The highest BCUT2D eigenvalue weighted by Gasteiger charge is 2.40. The van der Waals surface area contributed by atoms with Crippen molar-refractivity contribution in [1.82, 2.24) is 20.6 Å². The molecule has 0 radical (unpaired) electrons. The molecule has 0 saturated carbocycles. The number of H-pyrrole nitrogens is 1. The second kappa shape index (κ2) is 13.8. The van der Waals surface area contributed by atoms with Gasteiger partial charge in [-0.1, -0.05) is 0 Å². The van der Waals surface area contributed by atoms with Gasteiger partial charge in [0.1, 0.15) is 0 Å². The van der Waals surface area contributed by atoms with Gasteiger partial charge in [-0.3, -0.25) is 19.9 Å². The van der Waals surface area contributed by atoms with Crippen LogP contribution >= 0.6 is 11.8 Å². The maximum Gasteiger partial charge on any atom is 0.336 e. The van der Waals surface area contributed by atoms with Crippen molar-refractivity contribution in [2.75, 3.05) is 19.3 Å². The van der Waals surface area contributed by atoms with Gasteiger partial charge in [-0.05, 0) is 6.92 Å². The van der Waals surface area contributed by atoms with Crippen LogP contribution in [0.15, 0.2) is 11.3 Å². The summed E-state index contributed by atoms with van der Waals surface area (Å²) in [5, 5.41) is 47.5. The number of aliphatic imine (C=N–C) groups is 1. The number of aromatic amines is 1. The van der Waals surface area contributed by atoms with Gasteiger partial charge in [-0.15, -0.1) is 0 Å². The summed E-state index contributed by atoms with van der Waals surface area (Å²) in [6, 6.07) is 0. The highest BCUT2D eigenvalue weighted by Crippen LogP contribution is 2.15. The van der Waals surface area contributed by atoms with Crippen LogP contribution in [0.25, 0.3) is 0 Å². The summed E-state index contributed by atoms with van der Waals surface area (Å²) in [6.45, 7) is 2.68. The Morgan fingerprint density at radius 1 is 1.30 bits per heavy atom. The van der Waals surface area contributed by atoms with Gasteiger partial charge in [0.25, 0.3) is 0 Å². The van der Waals surface area contributed by atoms with E-state index in [9.17, 15) is 14.4 Å². The summed E-state index contributed by atoms with van der Waals surface area (Å²) >= 11 is 1.77. The fourth-order valence-corrected chi connectivity index (χ4v) is 2.72. The lowest BCUT2D eigenvalue weighted by molar-refractivity contribution is -0.170. The number of aromatic nitrogens is 2. The molecule has 0 unspecified atom stereocenters. The monoisotopic (exact) mass is 444 g/mol. The number of aliphatic hydroxyl groups is 1. The summed E-state index contributed by atoms with van der Waals surface area (Å²) in [5.41, 5.74) is -0.538. The Labute approximate surface area is 176 Å². The standard InChI is InChI=1S/C10H16N6S.C6H8O7/c1-8-9(16-7-15-8)5-17-4-3-13-10(12-2)14-6-11;7-3(8)1-6(13,5(11)12)2-4(9)10/h7H,3-5H2,1-2H3,(H,15,16)(H2,12,13,14);13H,1-2H2,(H,7,8)(H,9,10)(H,11,12). The number of nitrogens with one attached hydrogen (secondary N) is 3. The van der Waals surface area contributed by atoms with Crippen LogP contribution in [-0.4, -0.2) is 79.2 Å². The number of hydrogen-bond acceptors (Lipinski definition) is 8. The van der Waals surface area contributed by atoms with E-state index in [0.717, 1.165) is 22.9 Å². The molecule has 0 aliphatic carbocycles. The normalized spacial score (nSPS) is 10.9. The first-order chi connectivity index (χ1) is 14.1. The number of thioether (sulfide) groups is 1. The van der Waals surface area contributed by atoms with Crippen LogP contribution in [0.1, 0.15) is 24.2 Å². The smallest absolute Gasteiger partial charge is 0.336 e. The van der Waals surface area contributed by atoms with E-state index in [1.807, 2.05) is 13.1 Å². The second-order valence-corrected chi connectivity index (χ2v) is 6.83. The van der Waals surface area contributed by atoms with Crippen molar-refractivity contribution in [2.24, 2.45) is 4.99 Å². The minimum absolute atomic E-state index is 0.504. The fraction of sp³-hybridized carbons (Fsp3) is 0.500. The molecule has 1 rings (SSSR count). The summed E-state index contributed by atoms with van der Waals surface area (Å²) in [7, 11) is 1.73. The Balaban J connectivity index is 0.000000584. The summed E-state index contributed by atoms with van der Waals surface area (Å²) < 4.78 is 0. The molecule has 0 atom stereocenters. The van der Waals surface area contributed by atoms with Gasteiger partial charge >= 0.3 is 17.9 Å². The molecule has 1 aromatic rings. The molecule has 166 valence electrons. The van der Waals surface area contributed by atoms with E-state index in [1.54, 1.807) is 25.1 Å². The Bertz CT molecular complexity index is 773. The zero-order chi connectivity index (χ0) is 23.2. The Kier molecular flexibility index (Phi) is 12.3. The van der Waals surface area contributed by atoms with Crippen LogP contribution in [-0.2, 0) is 20.1 Å². The molecule has 1 heterocycles. The molecular formula is C16H24N6O7S. The van der Waals surface area contributed by atoms with Crippen molar-refractivity contribution in [1.29, 1.82) is 5.26 Å². The van der Waals surface area contributed by atoms with Crippen LogP contribution in [0, 0.1) is 18.4 Å². The summed E-state index contributed by atoms with van der Waals surface area (Å²) in [4.78, 5) is 41.9. The number of aryl methyl sites for hydroxylation is 1. The minimum Gasteiger partial charge on any atom is -0.481 e. The number of guanidine groups is 1. The van der Waals surface area contributed by atoms with Crippen LogP contribution in [0.5, 0.6) is 0 Å². The van der Waals surface area contributed by atoms with Gasteiger partial charge in [-0.25, -0.2) is 9.78 Å². The molecule has 0 spiro atoms. The second-order valence-electron chi connectivity index (χ2n) is 5.72. The van der Waals surface area contributed by atoms with Gasteiger partial charge in [0.15, 0.2) is 11.8 Å². The van der Waals surface area contributed by atoms with E-state index in [2.05, 4.69) is 25.6 Å². The number of hydrogen-bond donors (Lipinski definition) is 7. The molecular weight excluding hydrogens is 420 g/mol. The van der Waals surface area contributed by atoms with E-state index in [1.165, 1.54) is 0 Å². The first kappa shape index (κ1) is 26.7. The molecule has 30 heavy (non-hydrogen) atoms. The van der Waals surface area contributed by atoms with Crippen molar-refractivity contribution in [2.45, 2.75) is 31.1 Å². The molecule has 0 amide bonds. The molecule has 0 fully saturated rings. The molecule has 1 aromatic heterocycles. The molecule has 13 nitrogen and oxygen atoms in total. The largest absolute Gasteiger partial charge is 0.481 e. The SMILES string of the molecule is CN/C(=N/CCSCc1nc[nH]c1C)NC#N.O=C(O)CC(O)(CC(=O)O)C(=O)O. The maximum atomic E-state index is 10.3. The molecule has 7 N–H and O–H groups in total. The van der Waals surface area contributed by atoms with Crippen molar-refractivity contribution in [3.63, 3.8) is 0 Å². The van der Waals surface area contributed by atoms with Crippen LogP contribution < -0.4 is 10.6 Å². The quantitative estimate of drug-likeness (QED) is 0.0786. The Hall–Kier alpha value is -3.31. The van der Waals surface area contributed by atoms with Crippen LogP contribution in [0.4, 0.5) is 0 Å². The Morgan fingerprint density at radius 2 is 1.90 bits per heavy atom. The van der Waals surface area contributed by atoms with Gasteiger partial charge in [0.2, 0.25) is 5.96 Å². The number of aliphatic carboxylic acids is 3. The van der Waals surface area contributed by atoms with E-state index >= 15 is 0 Å². The highest BCUT2D eigenvalue weighted by molar-refractivity contribution is 7.98. The molecule has 0 aliphatic heterocycles. The zero-order valence-corrected chi connectivity index (χ0v) is 17.2. The molecule has 0 bridgehead atoms. The number of nitriles is 1. The molecule has 0 saturated heterocycles. The van der Waals surface area contributed by atoms with Gasteiger partial charge < -0.3 is 30.7 Å². The van der Waals surface area contributed by atoms with E-state index in [0.29, 0.717) is 12.5 Å². The first-order valence-electron chi connectivity index (χ1n) is 8.39. The predicted molar refractivity (Wildman–Crippen MR) is 107 cm³/mol. The summed E-state index contributed by atoms with van der Waals surface area (Å²) in [5.74, 6) is -2.74. The lowest BCUT2D eigenvalue weighted by atomic mass is 9.96. The summed E-state index contributed by atoms with van der Waals surface area (Å²) in [6.07, 6.45) is 1.24. The third-order valence-corrected chi connectivity index (χ3v) is 4.32. The maximum absolute atomic E-state index is 10.3. The molecule has 14 heteroatoms. The number of nitrogens with zero attached hydrogens (tertiary/aromatic N) is 3. The lowest BCUT2D eigenvalue weighted by Gasteiger charge is -2.18. The predicted octanol–water partition coefficient (Wildman–Crippen LogP) is -0.651.